The molecule has 0 radical (unpaired) electrons. The number of piperazine rings is 1. The van der Waals surface area contributed by atoms with Crippen LogP contribution in [0.15, 0.2) is 18.3 Å². The molecule has 0 aliphatic carbocycles. The zero-order valence-electron chi connectivity index (χ0n) is 11.5. The predicted octanol–water partition coefficient (Wildman–Crippen LogP) is 0.533. The molecule has 6 nitrogen and oxygen atoms in total. The van der Waals surface area contributed by atoms with E-state index in [1.165, 1.54) is 0 Å². The van der Waals surface area contributed by atoms with Crippen molar-refractivity contribution in [1.29, 1.82) is 0 Å². The minimum absolute atomic E-state index is 0.0467. The van der Waals surface area contributed by atoms with Gasteiger partial charge in [-0.15, -0.1) is 0 Å². The number of rotatable bonds is 3. The molecule has 0 saturated carbocycles. The number of hydrazine groups is 1. The lowest BCUT2D eigenvalue weighted by atomic mass is 10.1. The molecule has 1 unspecified atom stereocenters. The molecule has 1 aromatic heterocycles. The second-order valence-corrected chi connectivity index (χ2v) is 4.87. The van der Waals surface area contributed by atoms with Gasteiger partial charge in [0.15, 0.2) is 0 Å². The quantitative estimate of drug-likeness (QED) is 0.615. The second-order valence-electron chi connectivity index (χ2n) is 4.87. The molecule has 0 bridgehead atoms. The highest BCUT2D eigenvalue weighted by Crippen LogP contribution is 2.15. The van der Waals surface area contributed by atoms with Crippen molar-refractivity contribution in [2.75, 3.05) is 32.1 Å². The van der Waals surface area contributed by atoms with Crippen molar-refractivity contribution in [1.82, 2.24) is 14.8 Å². The Bertz CT molecular complexity index is 450. The summed E-state index contributed by atoms with van der Waals surface area (Å²) in [5, 5.41) is 0. The molecular weight excluding hydrogens is 242 g/mol. The van der Waals surface area contributed by atoms with E-state index in [0.29, 0.717) is 17.4 Å². The Morgan fingerprint density at radius 2 is 2.37 bits per heavy atom. The summed E-state index contributed by atoms with van der Waals surface area (Å²) in [6.07, 6.45) is 2.64. The van der Waals surface area contributed by atoms with Crippen LogP contribution in [0, 0.1) is 0 Å². The first kappa shape index (κ1) is 13.8. The Balaban J connectivity index is 2.10. The van der Waals surface area contributed by atoms with Gasteiger partial charge in [0.2, 0.25) is 0 Å². The number of likely N-dealkylation sites (N-methyl/N-ethyl adjacent to an activating group) is 1. The molecule has 1 fully saturated rings. The van der Waals surface area contributed by atoms with E-state index in [1.54, 1.807) is 18.3 Å². The minimum Gasteiger partial charge on any atom is -0.336 e. The fourth-order valence-electron chi connectivity index (χ4n) is 2.40. The Morgan fingerprint density at radius 1 is 1.58 bits per heavy atom. The third-order valence-electron chi connectivity index (χ3n) is 3.69. The van der Waals surface area contributed by atoms with Crippen LogP contribution in [-0.2, 0) is 0 Å². The number of carbonyl (C=O) groups is 1. The van der Waals surface area contributed by atoms with Crippen molar-refractivity contribution in [2.45, 2.75) is 19.4 Å². The van der Waals surface area contributed by atoms with E-state index in [2.05, 4.69) is 29.3 Å². The highest BCUT2D eigenvalue weighted by Gasteiger charge is 2.26. The number of hydrogen-bond acceptors (Lipinski definition) is 5. The standard InChI is InChI=1S/C13H21N5O/c1-3-11-9-18(7-6-17(11)2)13(19)10-4-5-15-12(8-10)16-14/h4-5,8,11H,3,6-7,9,14H2,1-2H3,(H,15,16). The monoisotopic (exact) mass is 263 g/mol. The van der Waals surface area contributed by atoms with Gasteiger partial charge >= 0.3 is 0 Å². The van der Waals surface area contributed by atoms with Crippen molar-refractivity contribution < 1.29 is 4.79 Å². The number of carbonyl (C=O) groups excluding carboxylic acids is 1. The summed E-state index contributed by atoms with van der Waals surface area (Å²) < 4.78 is 0. The number of nitrogens with one attached hydrogen (secondary N) is 1. The molecule has 104 valence electrons. The molecule has 2 rings (SSSR count). The van der Waals surface area contributed by atoms with Gasteiger partial charge in [-0.1, -0.05) is 6.92 Å². The lowest BCUT2D eigenvalue weighted by molar-refractivity contribution is 0.0542. The average molecular weight is 263 g/mol. The number of aromatic nitrogens is 1. The maximum Gasteiger partial charge on any atom is 0.254 e. The normalized spacial score (nSPS) is 20.4. The van der Waals surface area contributed by atoms with Crippen LogP contribution < -0.4 is 11.3 Å². The van der Waals surface area contributed by atoms with Crippen LogP contribution in [0.4, 0.5) is 5.82 Å². The first-order valence-electron chi connectivity index (χ1n) is 6.58. The molecule has 1 aromatic rings. The van der Waals surface area contributed by atoms with Crippen LogP contribution in [0.1, 0.15) is 23.7 Å². The number of nitrogen functional groups attached to an aromatic ring is 1. The average Bonchev–Trinajstić information content (AvgIpc) is 2.47. The number of hydrogen-bond donors (Lipinski definition) is 2. The molecular formula is C13H21N5O. The number of nitrogens with zero attached hydrogens (tertiary/aromatic N) is 3. The zero-order valence-corrected chi connectivity index (χ0v) is 11.5. The molecule has 0 spiro atoms. The molecule has 0 aromatic carbocycles. The fraction of sp³-hybridized carbons (Fsp3) is 0.538. The summed E-state index contributed by atoms with van der Waals surface area (Å²) >= 11 is 0. The van der Waals surface area contributed by atoms with Gasteiger partial charge in [0, 0.05) is 37.4 Å². The van der Waals surface area contributed by atoms with Crippen molar-refractivity contribution in [3.63, 3.8) is 0 Å². The van der Waals surface area contributed by atoms with Crippen molar-refractivity contribution >= 4 is 11.7 Å². The summed E-state index contributed by atoms with van der Waals surface area (Å²) in [5.41, 5.74) is 3.09. The summed E-state index contributed by atoms with van der Waals surface area (Å²) in [5.74, 6) is 5.87. The van der Waals surface area contributed by atoms with Crippen LogP contribution in [0.3, 0.4) is 0 Å². The molecule has 1 saturated heterocycles. The Kier molecular flexibility index (Phi) is 4.34. The van der Waals surface area contributed by atoms with Crippen LogP contribution >= 0.6 is 0 Å². The Labute approximate surface area is 113 Å². The summed E-state index contributed by atoms with van der Waals surface area (Å²) in [6, 6.07) is 3.84. The van der Waals surface area contributed by atoms with E-state index in [1.807, 2.05) is 4.90 Å². The Hall–Kier alpha value is -1.66. The highest BCUT2D eigenvalue weighted by atomic mass is 16.2. The number of anilines is 1. The van der Waals surface area contributed by atoms with Crippen molar-refractivity contribution in [2.24, 2.45) is 5.84 Å². The van der Waals surface area contributed by atoms with E-state index in [4.69, 9.17) is 5.84 Å². The third-order valence-corrected chi connectivity index (χ3v) is 3.69. The minimum atomic E-state index is 0.0467. The molecule has 1 aliphatic heterocycles. The molecule has 1 aliphatic rings. The van der Waals surface area contributed by atoms with Gasteiger partial charge < -0.3 is 10.3 Å². The number of pyridine rings is 1. The van der Waals surface area contributed by atoms with Gasteiger partial charge in [0.05, 0.1) is 0 Å². The van der Waals surface area contributed by atoms with E-state index in [-0.39, 0.29) is 5.91 Å². The largest absolute Gasteiger partial charge is 0.336 e. The molecule has 19 heavy (non-hydrogen) atoms. The highest BCUT2D eigenvalue weighted by molar-refractivity contribution is 5.94. The maximum atomic E-state index is 12.4. The predicted molar refractivity (Wildman–Crippen MR) is 74.7 cm³/mol. The molecule has 3 N–H and O–H groups in total. The van der Waals surface area contributed by atoms with Crippen molar-refractivity contribution in [3.05, 3.63) is 23.9 Å². The van der Waals surface area contributed by atoms with Crippen LogP contribution in [-0.4, -0.2) is 53.4 Å². The molecule has 6 heteroatoms. The third kappa shape index (κ3) is 3.02. The number of amides is 1. The van der Waals surface area contributed by atoms with Gasteiger partial charge in [-0.3, -0.25) is 9.69 Å². The summed E-state index contributed by atoms with van der Waals surface area (Å²) in [4.78, 5) is 20.7. The van der Waals surface area contributed by atoms with E-state index >= 15 is 0 Å². The lowest BCUT2D eigenvalue weighted by Gasteiger charge is -2.39. The zero-order chi connectivity index (χ0) is 13.8. The molecule has 1 amide bonds. The first-order chi connectivity index (χ1) is 9.15. The van der Waals surface area contributed by atoms with Crippen LogP contribution in [0.25, 0.3) is 0 Å². The van der Waals surface area contributed by atoms with Gasteiger partial charge in [0.1, 0.15) is 5.82 Å². The summed E-state index contributed by atoms with van der Waals surface area (Å²) in [7, 11) is 2.11. The smallest absolute Gasteiger partial charge is 0.254 e. The Morgan fingerprint density at radius 3 is 3.05 bits per heavy atom. The van der Waals surface area contributed by atoms with Gasteiger partial charge in [-0.2, -0.15) is 0 Å². The SMILES string of the molecule is CCC1CN(C(=O)c2ccnc(NN)c2)CCN1C. The van der Waals surface area contributed by atoms with Crippen molar-refractivity contribution in [3.8, 4) is 0 Å². The van der Waals surface area contributed by atoms with Gasteiger partial charge in [0.25, 0.3) is 5.91 Å². The molecule has 2 heterocycles. The van der Waals surface area contributed by atoms with Crippen LogP contribution in [0.5, 0.6) is 0 Å². The van der Waals surface area contributed by atoms with E-state index in [9.17, 15) is 4.79 Å². The molecule has 1 atom stereocenters. The number of nitrogens with two attached hydrogens (primary N) is 1. The second kappa shape index (κ2) is 5.99. The maximum absolute atomic E-state index is 12.4. The van der Waals surface area contributed by atoms with E-state index in [0.717, 1.165) is 26.1 Å². The summed E-state index contributed by atoms with van der Waals surface area (Å²) in [6.45, 7) is 4.61. The fourth-order valence-corrected chi connectivity index (χ4v) is 2.40. The van der Waals surface area contributed by atoms with E-state index < -0.39 is 0 Å². The first-order valence-corrected chi connectivity index (χ1v) is 6.58. The van der Waals surface area contributed by atoms with Gasteiger partial charge in [-0.25, -0.2) is 10.8 Å². The van der Waals surface area contributed by atoms with Gasteiger partial charge in [-0.05, 0) is 25.6 Å². The van der Waals surface area contributed by atoms with Crippen LogP contribution in [0.2, 0.25) is 0 Å². The lowest BCUT2D eigenvalue weighted by Crippen LogP contribution is -2.52. The topological polar surface area (TPSA) is 74.5 Å².